The summed E-state index contributed by atoms with van der Waals surface area (Å²) in [5.74, 6) is -0.614. The first kappa shape index (κ1) is 17.0. The normalized spacial score (nSPS) is 18.4. The highest BCUT2D eigenvalue weighted by Gasteiger charge is 2.38. The largest absolute Gasteiger partial charge is 0.490 e. The van der Waals surface area contributed by atoms with Gasteiger partial charge in [-0.2, -0.15) is 0 Å². The predicted molar refractivity (Wildman–Crippen MR) is 81.7 cm³/mol. The van der Waals surface area contributed by atoms with Gasteiger partial charge in [0.1, 0.15) is 0 Å². The minimum atomic E-state index is -3.67. The molecule has 0 aliphatic carbocycles. The van der Waals surface area contributed by atoms with E-state index in [0.717, 1.165) is 0 Å². The molecule has 0 aromatic heterocycles. The third-order valence-corrected chi connectivity index (χ3v) is 5.24. The van der Waals surface area contributed by atoms with Gasteiger partial charge in [0.05, 0.1) is 12.4 Å². The predicted octanol–water partition coefficient (Wildman–Crippen LogP) is 3.33. The summed E-state index contributed by atoms with van der Waals surface area (Å²) in [6.45, 7) is 0.961. The van der Waals surface area contributed by atoms with Crippen LogP contribution >= 0.6 is 26.6 Å². The molecule has 1 aromatic rings. The fraction of sp³-hybridized carbons (Fsp3) is 0.538. The van der Waals surface area contributed by atoms with Crippen molar-refractivity contribution in [1.29, 1.82) is 0 Å². The molecule has 0 N–H and O–H groups in total. The zero-order valence-electron chi connectivity index (χ0n) is 11.1. The van der Waals surface area contributed by atoms with E-state index >= 15 is 0 Å². The molecule has 8 heteroatoms. The fourth-order valence-corrected chi connectivity index (χ4v) is 4.46. The van der Waals surface area contributed by atoms with Crippen molar-refractivity contribution in [2.45, 2.75) is 12.8 Å². The Balaban J connectivity index is 2.14. The Bertz CT molecular complexity index is 602. The second kappa shape index (κ2) is 6.81. The van der Waals surface area contributed by atoms with Gasteiger partial charge in [-0.15, -0.1) is 0 Å². The lowest BCUT2D eigenvalue weighted by Crippen LogP contribution is -2.40. The summed E-state index contributed by atoms with van der Waals surface area (Å²) in [7, 11) is 1.72. The standard InChI is InChI=1S/C13H15BrClFO4S/c14-10-1-2-11(16)12(7-10)20-8-13(9-21(15,17)18)3-5-19-6-4-13/h1-2,7H,3-6,8-9H2. The molecule has 0 bridgehead atoms. The van der Waals surface area contributed by atoms with Gasteiger partial charge in [-0.3, -0.25) is 0 Å². The van der Waals surface area contributed by atoms with Gasteiger partial charge in [0, 0.05) is 33.8 Å². The van der Waals surface area contributed by atoms with Crippen molar-refractivity contribution in [2.24, 2.45) is 5.41 Å². The van der Waals surface area contributed by atoms with Crippen molar-refractivity contribution < 1.29 is 22.3 Å². The van der Waals surface area contributed by atoms with Crippen molar-refractivity contribution in [1.82, 2.24) is 0 Å². The van der Waals surface area contributed by atoms with E-state index in [1.165, 1.54) is 12.1 Å². The molecule has 2 rings (SSSR count). The third kappa shape index (κ3) is 5.09. The van der Waals surface area contributed by atoms with Gasteiger partial charge in [0.2, 0.25) is 9.05 Å². The van der Waals surface area contributed by atoms with E-state index in [1.54, 1.807) is 6.07 Å². The second-order valence-corrected chi connectivity index (χ2v) is 8.85. The summed E-state index contributed by atoms with van der Waals surface area (Å²) >= 11 is 3.24. The second-order valence-electron chi connectivity index (χ2n) is 5.16. The molecule has 0 spiro atoms. The molecule has 1 heterocycles. The molecule has 0 unspecified atom stereocenters. The first-order valence-electron chi connectivity index (χ1n) is 6.38. The van der Waals surface area contributed by atoms with E-state index in [2.05, 4.69) is 15.9 Å². The Morgan fingerprint density at radius 2 is 2.05 bits per heavy atom. The summed E-state index contributed by atoms with van der Waals surface area (Å²) in [5.41, 5.74) is -0.645. The number of hydrogen-bond acceptors (Lipinski definition) is 4. The van der Waals surface area contributed by atoms with E-state index in [4.69, 9.17) is 20.2 Å². The Morgan fingerprint density at radius 1 is 1.38 bits per heavy atom. The van der Waals surface area contributed by atoms with Gasteiger partial charge in [0.15, 0.2) is 11.6 Å². The summed E-state index contributed by atoms with van der Waals surface area (Å²) in [4.78, 5) is 0. The summed E-state index contributed by atoms with van der Waals surface area (Å²) < 4.78 is 48.0. The van der Waals surface area contributed by atoms with Crippen LogP contribution in [-0.2, 0) is 13.8 Å². The van der Waals surface area contributed by atoms with Crippen molar-refractivity contribution in [3.63, 3.8) is 0 Å². The molecule has 21 heavy (non-hydrogen) atoms. The van der Waals surface area contributed by atoms with Gasteiger partial charge in [0.25, 0.3) is 0 Å². The van der Waals surface area contributed by atoms with Gasteiger partial charge in [-0.1, -0.05) is 15.9 Å². The lowest BCUT2D eigenvalue weighted by molar-refractivity contribution is 0.00162. The molecule has 1 fully saturated rings. The highest BCUT2D eigenvalue weighted by molar-refractivity contribution is 9.10. The zero-order chi connectivity index (χ0) is 15.5. The van der Waals surface area contributed by atoms with Crippen molar-refractivity contribution in [3.05, 3.63) is 28.5 Å². The van der Waals surface area contributed by atoms with Crippen molar-refractivity contribution >= 4 is 35.7 Å². The Labute approximate surface area is 136 Å². The molecule has 0 amide bonds. The van der Waals surface area contributed by atoms with Crippen LogP contribution in [0.4, 0.5) is 4.39 Å². The van der Waals surface area contributed by atoms with Crippen LogP contribution in [0.3, 0.4) is 0 Å². The van der Waals surface area contributed by atoms with Crippen LogP contribution in [0, 0.1) is 11.2 Å². The SMILES string of the molecule is O=S(=O)(Cl)CC1(COc2cc(Br)ccc2F)CCOCC1. The van der Waals surface area contributed by atoms with Crippen molar-refractivity contribution in [2.75, 3.05) is 25.6 Å². The summed E-state index contributed by atoms with van der Waals surface area (Å²) in [6.07, 6.45) is 1.02. The smallest absolute Gasteiger partial charge is 0.233 e. The molecule has 0 radical (unpaired) electrons. The molecule has 118 valence electrons. The average molecular weight is 402 g/mol. The maximum atomic E-state index is 13.7. The molecule has 1 aliphatic rings. The molecular weight excluding hydrogens is 387 g/mol. The number of benzene rings is 1. The zero-order valence-corrected chi connectivity index (χ0v) is 14.3. The number of rotatable bonds is 5. The van der Waals surface area contributed by atoms with E-state index in [-0.39, 0.29) is 18.1 Å². The minimum absolute atomic E-state index is 0.0791. The molecule has 4 nitrogen and oxygen atoms in total. The fourth-order valence-electron chi connectivity index (χ4n) is 2.32. The van der Waals surface area contributed by atoms with Crippen LogP contribution in [-0.4, -0.2) is 34.0 Å². The van der Waals surface area contributed by atoms with Gasteiger partial charge in [-0.25, -0.2) is 12.8 Å². The topological polar surface area (TPSA) is 52.6 Å². The highest BCUT2D eigenvalue weighted by atomic mass is 79.9. The van der Waals surface area contributed by atoms with E-state index in [1.807, 2.05) is 0 Å². The molecular formula is C13H15BrClFO4S. The Kier molecular flexibility index (Phi) is 5.51. The highest BCUT2D eigenvalue weighted by Crippen LogP contribution is 2.34. The van der Waals surface area contributed by atoms with Crippen LogP contribution in [0.5, 0.6) is 5.75 Å². The van der Waals surface area contributed by atoms with Gasteiger partial charge >= 0.3 is 0 Å². The molecule has 1 aromatic carbocycles. The lowest BCUT2D eigenvalue weighted by Gasteiger charge is -2.35. The number of hydrogen-bond donors (Lipinski definition) is 0. The van der Waals surface area contributed by atoms with Crippen LogP contribution in [0.15, 0.2) is 22.7 Å². The van der Waals surface area contributed by atoms with E-state index < -0.39 is 20.3 Å². The van der Waals surface area contributed by atoms with Gasteiger partial charge in [-0.05, 0) is 31.0 Å². The Hall–Kier alpha value is -0.370. The van der Waals surface area contributed by atoms with Crippen molar-refractivity contribution in [3.8, 4) is 5.75 Å². The first-order chi connectivity index (χ1) is 9.80. The van der Waals surface area contributed by atoms with Crippen LogP contribution < -0.4 is 4.74 Å². The van der Waals surface area contributed by atoms with Crippen LogP contribution in [0.1, 0.15) is 12.8 Å². The lowest BCUT2D eigenvalue weighted by atomic mass is 9.83. The van der Waals surface area contributed by atoms with Crippen LogP contribution in [0.25, 0.3) is 0 Å². The van der Waals surface area contributed by atoms with E-state index in [9.17, 15) is 12.8 Å². The monoisotopic (exact) mass is 400 g/mol. The average Bonchev–Trinajstić information content (AvgIpc) is 2.39. The maximum absolute atomic E-state index is 13.7. The third-order valence-electron chi connectivity index (χ3n) is 3.46. The molecule has 0 atom stereocenters. The minimum Gasteiger partial charge on any atom is -0.490 e. The molecule has 0 saturated carbocycles. The van der Waals surface area contributed by atoms with Gasteiger partial charge < -0.3 is 9.47 Å². The van der Waals surface area contributed by atoms with E-state index in [0.29, 0.717) is 30.5 Å². The first-order valence-corrected chi connectivity index (χ1v) is 9.65. The molecule has 1 saturated heterocycles. The number of ether oxygens (including phenoxy) is 2. The summed E-state index contributed by atoms with van der Waals surface area (Å²) in [6, 6.07) is 4.36. The molecule has 1 aliphatic heterocycles. The maximum Gasteiger partial charge on any atom is 0.233 e. The Morgan fingerprint density at radius 3 is 2.67 bits per heavy atom. The number of halogens is 3. The summed E-state index contributed by atoms with van der Waals surface area (Å²) in [5, 5.41) is 0. The van der Waals surface area contributed by atoms with Crippen LogP contribution in [0.2, 0.25) is 0 Å². The quantitative estimate of drug-likeness (QED) is 0.710.